The van der Waals surface area contributed by atoms with Crippen molar-refractivity contribution < 1.29 is 14.3 Å². The lowest BCUT2D eigenvalue weighted by Gasteiger charge is -2.27. The maximum Gasteiger partial charge on any atom is 0.321 e. The summed E-state index contributed by atoms with van der Waals surface area (Å²) >= 11 is 0. The number of amides is 3. The Balaban J connectivity index is 1.55. The van der Waals surface area contributed by atoms with Crippen molar-refractivity contribution in [2.75, 3.05) is 29.9 Å². The van der Waals surface area contributed by atoms with E-state index in [0.29, 0.717) is 24.5 Å². The number of urea groups is 1. The van der Waals surface area contributed by atoms with Gasteiger partial charge in [0, 0.05) is 24.5 Å². The fourth-order valence-electron chi connectivity index (χ4n) is 2.66. The van der Waals surface area contributed by atoms with Crippen molar-refractivity contribution in [2.24, 2.45) is 0 Å². The van der Waals surface area contributed by atoms with Crippen LogP contribution >= 0.6 is 0 Å². The van der Waals surface area contributed by atoms with E-state index in [9.17, 15) is 9.59 Å². The summed E-state index contributed by atoms with van der Waals surface area (Å²) in [6, 6.07) is 14.7. The molecule has 6 nitrogen and oxygen atoms in total. The summed E-state index contributed by atoms with van der Waals surface area (Å²) in [5, 5.41) is 5.60. The number of hydrogen-bond donors (Lipinski definition) is 2. The zero-order chi connectivity index (χ0) is 17.6. The van der Waals surface area contributed by atoms with Crippen molar-refractivity contribution >= 4 is 23.3 Å². The number of carbonyl (C=O) groups is 2. The minimum atomic E-state index is -0.230. The molecule has 3 amide bonds. The lowest BCUT2D eigenvalue weighted by atomic mass is 10.2. The fourth-order valence-corrected chi connectivity index (χ4v) is 2.66. The highest BCUT2D eigenvalue weighted by atomic mass is 16.5. The van der Waals surface area contributed by atoms with Crippen molar-refractivity contribution in [3.8, 4) is 5.75 Å². The number of rotatable bonds is 5. The fraction of sp³-hybridized carbons (Fsp3) is 0.263. The predicted molar refractivity (Wildman–Crippen MR) is 97.1 cm³/mol. The molecule has 1 saturated heterocycles. The van der Waals surface area contributed by atoms with Crippen LogP contribution in [0.2, 0.25) is 0 Å². The van der Waals surface area contributed by atoms with Crippen LogP contribution in [0.4, 0.5) is 16.2 Å². The number of aryl methyl sites for hydroxylation is 1. The Hall–Kier alpha value is -3.02. The second kappa shape index (κ2) is 7.70. The van der Waals surface area contributed by atoms with Crippen LogP contribution in [0.15, 0.2) is 48.5 Å². The zero-order valence-electron chi connectivity index (χ0n) is 14.1. The topological polar surface area (TPSA) is 70.7 Å². The summed E-state index contributed by atoms with van der Waals surface area (Å²) in [5.41, 5.74) is 2.46. The average molecular weight is 339 g/mol. The number of benzene rings is 2. The molecule has 6 heteroatoms. The standard InChI is InChI=1S/C19H21N3O3/c1-14-5-2-3-6-17(14)25-13-18(23)21-15-7-9-16(10-8-15)22-12-4-11-20-19(22)24/h2-3,5-10H,4,11-13H2,1H3,(H,20,24)(H,21,23). The highest BCUT2D eigenvalue weighted by molar-refractivity contribution is 5.94. The van der Waals surface area contributed by atoms with E-state index in [1.54, 1.807) is 17.0 Å². The van der Waals surface area contributed by atoms with E-state index >= 15 is 0 Å². The second-order valence-electron chi connectivity index (χ2n) is 5.89. The van der Waals surface area contributed by atoms with Crippen molar-refractivity contribution in [2.45, 2.75) is 13.3 Å². The maximum atomic E-state index is 12.0. The highest BCUT2D eigenvalue weighted by Crippen LogP contribution is 2.20. The van der Waals surface area contributed by atoms with Gasteiger partial charge in [0.25, 0.3) is 5.91 Å². The second-order valence-corrected chi connectivity index (χ2v) is 5.89. The first-order valence-electron chi connectivity index (χ1n) is 8.27. The van der Waals surface area contributed by atoms with Crippen LogP contribution in [-0.4, -0.2) is 31.6 Å². The molecule has 2 N–H and O–H groups in total. The molecule has 0 saturated carbocycles. The van der Waals surface area contributed by atoms with E-state index in [-0.39, 0.29) is 18.5 Å². The van der Waals surface area contributed by atoms with Gasteiger partial charge in [-0.1, -0.05) is 18.2 Å². The number of nitrogens with one attached hydrogen (secondary N) is 2. The Bertz CT molecular complexity index is 759. The maximum absolute atomic E-state index is 12.0. The van der Waals surface area contributed by atoms with Gasteiger partial charge in [-0.2, -0.15) is 0 Å². The summed E-state index contributed by atoms with van der Waals surface area (Å²) in [6.07, 6.45) is 0.917. The Morgan fingerprint density at radius 3 is 2.68 bits per heavy atom. The van der Waals surface area contributed by atoms with Gasteiger partial charge in [0.2, 0.25) is 0 Å². The monoisotopic (exact) mass is 339 g/mol. The zero-order valence-corrected chi connectivity index (χ0v) is 14.1. The number of carbonyl (C=O) groups excluding carboxylic acids is 2. The van der Waals surface area contributed by atoms with Crippen LogP contribution in [0.25, 0.3) is 0 Å². The first kappa shape index (κ1) is 16.8. The molecule has 0 aromatic heterocycles. The van der Waals surface area contributed by atoms with E-state index < -0.39 is 0 Å². The molecular weight excluding hydrogens is 318 g/mol. The highest BCUT2D eigenvalue weighted by Gasteiger charge is 2.18. The average Bonchev–Trinajstić information content (AvgIpc) is 2.62. The van der Waals surface area contributed by atoms with Gasteiger partial charge in [-0.05, 0) is 49.2 Å². The number of anilines is 2. The minimum Gasteiger partial charge on any atom is -0.483 e. The van der Waals surface area contributed by atoms with Crippen LogP contribution in [0.5, 0.6) is 5.75 Å². The lowest BCUT2D eigenvalue weighted by Crippen LogP contribution is -2.46. The van der Waals surface area contributed by atoms with Crippen LogP contribution in [-0.2, 0) is 4.79 Å². The van der Waals surface area contributed by atoms with Crippen molar-refractivity contribution in [1.82, 2.24) is 5.32 Å². The van der Waals surface area contributed by atoms with E-state index in [4.69, 9.17) is 4.74 Å². The van der Waals surface area contributed by atoms with Gasteiger partial charge < -0.3 is 15.4 Å². The summed E-state index contributed by atoms with van der Waals surface area (Å²) in [4.78, 5) is 25.5. The molecule has 0 atom stereocenters. The van der Waals surface area contributed by atoms with Crippen LogP contribution < -0.4 is 20.3 Å². The lowest BCUT2D eigenvalue weighted by molar-refractivity contribution is -0.118. The molecule has 0 radical (unpaired) electrons. The molecule has 130 valence electrons. The van der Waals surface area contributed by atoms with E-state index in [2.05, 4.69) is 10.6 Å². The molecular formula is C19H21N3O3. The third kappa shape index (κ3) is 4.29. The third-order valence-electron chi connectivity index (χ3n) is 3.99. The van der Waals surface area contributed by atoms with E-state index in [0.717, 1.165) is 17.7 Å². The minimum absolute atomic E-state index is 0.0544. The Labute approximate surface area is 146 Å². The molecule has 0 unspecified atom stereocenters. The van der Waals surface area contributed by atoms with E-state index in [1.165, 1.54) is 0 Å². The molecule has 1 aliphatic heterocycles. The molecule has 0 spiro atoms. The Morgan fingerprint density at radius 1 is 1.20 bits per heavy atom. The summed E-state index contributed by atoms with van der Waals surface area (Å²) in [5.74, 6) is 0.468. The van der Waals surface area contributed by atoms with Gasteiger partial charge in [0.1, 0.15) is 5.75 Å². The van der Waals surface area contributed by atoms with Crippen LogP contribution in [0.1, 0.15) is 12.0 Å². The van der Waals surface area contributed by atoms with Gasteiger partial charge in [0.05, 0.1) is 0 Å². The molecule has 0 bridgehead atoms. The van der Waals surface area contributed by atoms with Crippen LogP contribution in [0.3, 0.4) is 0 Å². The van der Waals surface area contributed by atoms with Gasteiger partial charge in [-0.3, -0.25) is 9.69 Å². The number of nitrogens with zero attached hydrogens (tertiary/aromatic N) is 1. The smallest absolute Gasteiger partial charge is 0.321 e. The first-order valence-corrected chi connectivity index (χ1v) is 8.27. The molecule has 1 heterocycles. The number of hydrogen-bond acceptors (Lipinski definition) is 3. The molecule has 2 aromatic carbocycles. The van der Waals surface area contributed by atoms with Gasteiger partial charge in [-0.25, -0.2) is 4.79 Å². The predicted octanol–water partition coefficient (Wildman–Crippen LogP) is 2.93. The Kier molecular flexibility index (Phi) is 5.18. The van der Waals surface area contributed by atoms with Crippen molar-refractivity contribution in [3.63, 3.8) is 0 Å². The summed E-state index contributed by atoms with van der Waals surface area (Å²) in [6.45, 7) is 3.29. The first-order chi connectivity index (χ1) is 12.1. The summed E-state index contributed by atoms with van der Waals surface area (Å²) in [7, 11) is 0. The molecule has 25 heavy (non-hydrogen) atoms. The Morgan fingerprint density at radius 2 is 1.96 bits per heavy atom. The SMILES string of the molecule is Cc1ccccc1OCC(=O)Nc1ccc(N2CCCNC2=O)cc1. The largest absolute Gasteiger partial charge is 0.483 e. The molecule has 3 rings (SSSR count). The van der Waals surface area contributed by atoms with Gasteiger partial charge in [0.15, 0.2) is 6.61 Å². The normalized spacial score (nSPS) is 14.0. The quantitative estimate of drug-likeness (QED) is 0.880. The van der Waals surface area contributed by atoms with Crippen molar-refractivity contribution in [1.29, 1.82) is 0 Å². The van der Waals surface area contributed by atoms with Crippen molar-refractivity contribution in [3.05, 3.63) is 54.1 Å². The third-order valence-corrected chi connectivity index (χ3v) is 3.99. The number of ether oxygens (including phenoxy) is 1. The molecule has 1 aliphatic rings. The number of para-hydroxylation sites is 1. The summed E-state index contributed by atoms with van der Waals surface area (Å²) < 4.78 is 5.53. The molecule has 1 fully saturated rings. The van der Waals surface area contributed by atoms with Crippen LogP contribution in [0, 0.1) is 6.92 Å². The van der Waals surface area contributed by atoms with Gasteiger partial charge >= 0.3 is 6.03 Å². The molecule has 2 aromatic rings. The molecule has 0 aliphatic carbocycles. The van der Waals surface area contributed by atoms with E-state index in [1.807, 2.05) is 43.3 Å². The van der Waals surface area contributed by atoms with Gasteiger partial charge in [-0.15, -0.1) is 0 Å².